The summed E-state index contributed by atoms with van der Waals surface area (Å²) >= 11 is 0. The number of amides is 1. The van der Waals surface area contributed by atoms with Crippen LogP contribution in [-0.4, -0.2) is 28.9 Å². The number of carbonyl (C=O) groups is 1. The van der Waals surface area contributed by atoms with Crippen LogP contribution in [0, 0.1) is 0 Å². The maximum Gasteiger partial charge on any atom is 0.227 e. The molecule has 0 N–H and O–H groups in total. The molecule has 1 aliphatic rings. The van der Waals surface area contributed by atoms with Gasteiger partial charge in [-0.2, -0.15) is 0 Å². The van der Waals surface area contributed by atoms with Gasteiger partial charge in [0.2, 0.25) is 5.91 Å². The number of hydrogen-bond acceptors (Lipinski definition) is 2. The fraction of sp³-hybridized carbons (Fsp3) is 0.333. The Hall–Kier alpha value is -2.16. The summed E-state index contributed by atoms with van der Waals surface area (Å²) in [6.07, 6.45) is 6.40. The Balaban J connectivity index is 1.64. The van der Waals surface area contributed by atoms with Crippen molar-refractivity contribution >= 4 is 5.91 Å². The molecule has 0 bridgehead atoms. The molecule has 0 unspecified atom stereocenters. The second-order valence-corrected chi connectivity index (χ2v) is 5.62. The molecule has 3 heteroatoms. The molecule has 0 radical (unpaired) electrons. The van der Waals surface area contributed by atoms with Crippen molar-refractivity contribution in [3.05, 3.63) is 66.0 Å². The topological polar surface area (TPSA) is 33.2 Å². The van der Waals surface area contributed by atoms with Crippen molar-refractivity contribution < 1.29 is 4.79 Å². The molecule has 0 aliphatic carbocycles. The molecular weight excluding hydrogens is 260 g/mol. The third kappa shape index (κ3) is 3.48. The molecule has 2 aromatic rings. The van der Waals surface area contributed by atoms with Gasteiger partial charge in [0.05, 0.1) is 6.42 Å². The van der Waals surface area contributed by atoms with E-state index in [1.54, 1.807) is 0 Å². The van der Waals surface area contributed by atoms with Crippen LogP contribution in [0.25, 0.3) is 0 Å². The Morgan fingerprint density at radius 1 is 1.14 bits per heavy atom. The zero-order chi connectivity index (χ0) is 14.5. The average Bonchev–Trinajstić information content (AvgIpc) is 2.57. The SMILES string of the molecule is O=C(Cc1ccccc1)N1CCC[C@@H](c2ccncc2)C1. The molecule has 1 aromatic carbocycles. The molecule has 1 saturated heterocycles. The van der Waals surface area contributed by atoms with E-state index < -0.39 is 0 Å². The van der Waals surface area contributed by atoms with Crippen LogP contribution in [0.15, 0.2) is 54.9 Å². The molecule has 21 heavy (non-hydrogen) atoms. The Kier molecular flexibility index (Phi) is 4.29. The maximum absolute atomic E-state index is 12.5. The predicted molar refractivity (Wildman–Crippen MR) is 82.9 cm³/mol. The van der Waals surface area contributed by atoms with E-state index in [9.17, 15) is 4.79 Å². The molecule has 0 spiro atoms. The summed E-state index contributed by atoms with van der Waals surface area (Å²) in [5, 5.41) is 0. The number of aromatic nitrogens is 1. The highest BCUT2D eigenvalue weighted by molar-refractivity contribution is 5.79. The van der Waals surface area contributed by atoms with Crippen LogP contribution in [0.3, 0.4) is 0 Å². The Morgan fingerprint density at radius 3 is 2.67 bits per heavy atom. The van der Waals surface area contributed by atoms with Gasteiger partial charge in [-0.05, 0) is 36.1 Å². The van der Waals surface area contributed by atoms with Crippen molar-refractivity contribution in [2.24, 2.45) is 0 Å². The first kappa shape index (κ1) is 13.8. The molecule has 1 atom stereocenters. The van der Waals surface area contributed by atoms with Gasteiger partial charge in [-0.25, -0.2) is 0 Å². The Morgan fingerprint density at radius 2 is 1.90 bits per heavy atom. The summed E-state index contributed by atoms with van der Waals surface area (Å²) in [6.45, 7) is 1.71. The minimum atomic E-state index is 0.236. The molecule has 3 nitrogen and oxygen atoms in total. The molecule has 2 heterocycles. The van der Waals surface area contributed by atoms with Crippen LogP contribution in [0.1, 0.15) is 29.9 Å². The molecule has 1 amide bonds. The number of pyridine rings is 1. The smallest absolute Gasteiger partial charge is 0.227 e. The van der Waals surface area contributed by atoms with Crippen LogP contribution in [0.5, 0.6) is 0 Å². The molecule has 1 aliphatic heterocycles. The van der Waals surface area contributed by atoms with Gasteiger partial charge in [-0.3, -0.25) is 9.78 Å². The number of nitrogens with zero attached hydrogens (tertiary/aromatic N) is 2. The van der Waals surface area contributed by atoms with Crippen LogP contribution >= 0.6 is 0 Å². The highest BCUT2D eigenvalue weighted by Crippen LogP contribution is 2.26. The lowest BCUT2D eigenvalue weighted by Gasteiger charge is -2.33. The highest BCUT2D eigenvalue weighted by Gasteiger charge is 2.24. The molecule has 0 saturated carbocycles. The minimum Gasteiger partial charge on any atom is -0.342 e. The molecule has 108 valence electrons. The normalized spacial score (nSPS) is 18.5. The van der Waals surface area contributed by atoms with E-state index in [1.807, 2.05) is 47.6 Å². The van der Waals surface area contributed by atoms with Gasteiger partial charge in [-0.15, -0.1) is 0 Å². The summed E-state index contributed by atoms with van der Waals surface area (Å²) in [6, 6.07) is 14.1. The summed E-state index contributed by atoms with van der Waals surface area (Å²) in [7, 11) is 0. The lowest BCUT2D eigenvalue weighted by atomic mass is 9.91. The van der Waals surface area contributed by atoms with Crippen LogP contribution in [-0.2, 0) is 11.2 Å². The van der Waals surface area contributed by atoms with Gasteiger partial charge >= 0.3 is 0 Å². The Bertz CT molecular complexity index is 583. The third-order valence-electron chi connectivity index (χ3n) is 4.15. The van der Waals surface area contributed by atoms with Crippen molar-refractivity contribution in [1.82, 2.24) is 9.88 Å². The number of hydrogen-bond donors (Lipinski definition) is 0. The van der Waals surface area contributed by atoms with Gasteiger partial charge in [0.25, 0.3) is 0 Å². The number of rotatable bonds is 3. The number of piperidine rings is 1. The number of benzene rings is 1. The van der Waals surface area contributed by atoms with Crippen molar-refractivity contribution in [3.8, 4) is 0 Å². The third-order valence-corrected chi connectivity index (χ3v) is 4.15. The lowest BCUT2D eigenvalue weighted by Crippen LogP contribution is -2.39. The first-order chi connectivity index (χ1) is 10.3. The average molecular weight is 280 g/mol. The van der Waals surface area contributed by atoms with Gasteiger partial charge in [0.1, 0.15) is 0 Å². The largest absolute Gasteiger partial charge is 0.342 e. The van der Waals surface area contributed by atoms with E-state index >= 15 is 0 Å². The van der Waals surface area contributed by atoms with Crippen molar-refractivity contribution in [2.75, 3.05) is 13.1 Å². The van der Waals surface area contributed by atoms with Crippen LogP contribution in [0.4, 0.5) is 0 Å². The van der Waals surface area contributed by atoms with E-state index in [2.05, 4.69) is 17.1 Å². The van der Waals surface area contributed by atoms with E-state index in [4.69, 9.17) is 0 Å². The monoisotopic (exact) mass is 280 g/mol. The van der Waals surface area contributed by atoms with E-state index in [-0.39, 0.29) is 5.91 Å². The Labute approximate surface area is 125 Å². The number of carbonyl (C=O) groups excluding carboxylic acids is 1. The number of likely N-dealkylation sites (tertiary alicyclic amines) is 1. The molecular formula is C18H20N2O. The maximum atomic E-state index is 12.5. The lowest BCUT2D eigenvalue weighted by molar-refractivity contribution is -0.131. The molecule has 3 rings (SSSR count). The zero-order valence-electron chi connectivity index (χ0n) is 12.1. The summed E-state index contributed by atoms with van der Waals surface area (Å²) < 4.78 is 0. The second-order valence-electron chi connectivity index (χ2n) is 5.62. The standard InChI is InChI=1S/C18H20N2O/c21-18(13-15-5-2-1-3-6-15)20-12-4-7-17(14-20)16-8-10-19-11-9-16/h1-3,5-6,8-11,17H,4,7,12-14H2/t17-/m1/s1. The van der Waals surface area contributed by atoms with E-state index in [0.717, 1.165) is 31.5 Å². The van der Waals surface area contributed by atoms with Crippen molar-refractivity contribution in [3.63, 3.8) is 0 Å². The van der Waals surface area contributed by atoms with E-state index in [1.165, 1.54) is 5.56 Å². The zero-order valence-corrected chi connectivity index (χ0v) is 12.1. The van der Waals surface area contributed by atoms with Gasteiger partial charge in [0.15, 0.2) is 0 Å². The predicted octanol–water partition coefficient (Wildman–Crippen LogP) is 3.03. The van der Waals surface area contributed by atoms with Gasteiger partial charge in [0, 0.05) is 31.4 Å². The first-order valence-corrected chi connectivity index (χ1v) is 7.54. The van der Waals surface area contributed by atoms with Crippen LogP contribution < -0.4 is 0 Å². The van der Waals surface area contributed by atoms with Gasteiger partial charge in [-0.1, -0.05) is 30.3 Å². The van der Waals surface area contributed by atoms with E-state index in [0.29, 0.717) is 12.3 Å². The fourth-order valence-corrected chi connectivity index (χ4v) is 2.99. The van der Waals surface area contributed by atoms with Crippen molar-refractivity contribution in [2.45, 2.75) is 25.2 Å². The van der Waals surface area contributed by atoms with Gasteiger partial charge < -0.3 is 4.90 Å². The molecule has 1 aromatic heterocycles. The highest BCUT2D eigenvalue weighted by atomic mass is 16.2. The first-order valence-electron chi connectivity index (χ1n) is 7.54. The second kappa shape index (κ2) is 6.53. The minimum absolute atomic E-state index is 0.236. The van der Waals surface area contributed by atoms with Crippen molar-refractivity contribution in [1.29, 1.82) is 0 Å². The quantitative estimate of drug-likeness (QED) is 0.866. The summed E-state index contributed by atoms with van der Waals surface area (Å²) in [4.78, 5) is 18.5. The summed E-state index contributed by atoms with van der Waals surface area (Å²) in [5.74, 6) is 0.682. The fourth-order valence-electron chi connectivity index (χ4n) is 2.99. The summed E-state index contributed by atoms with van der Waals surface area (Å²) in [5.41, 5.74) is 2.38. The van der Waals surface area contributed by atoms with Crippen LogP contribution in [0.2, 0.25) is 0 Å². The molecule has 1 fully saturated rings.